The average molecular weight is 834 g/mol. The summed E-state index contributed by atoms with van der Waals surface area (Å²) in [5.74, 6) is -4.01. The zero-order chi connectivity index (χ0) is 43.7. The highest BCUT2D eigenvalue weighted by Gasteiger charge is 2.44. The Morgan fingerprint density at radius 2 is 1.50 bits per heavy atom. The van der Waals surface area contributed by atoms with Crippen LogP contribution in [-0.2, 0) is 46.4 Å². The first-order valence-electron chi connectivity index (χ1n) is 20.6. The number of benzene rings is 2. The molecule has 7 N–H and O–H groups in total. The minimum Gasteiger partial charge on any atom is -0.493 e. The van der Waals surface area contributed by atoms with Gasteiger partial charge in [0.25, 0.3) is 0 Å². The van der Waals surface area contributed by atoms with E-state index in [0.717, 1.165) is 0 Å². The molecule has 0 bridgehead atoms. The summed E-state index contributed by atoms with van der Waals surface area (Å²) in [6.45, 7) is 6.47. The van der Waals surface area contributed by atoms with E-state index in [4.69, 9.17) is 9.47 Å². The van der Waals surface area contributed by atoms with Crippen molar-refractivity contribution in [2.45, 2.75) is 121 Å². The minimum absolute atomic E-state index is 0.00987. The number of nitrogens with one attached hydrogen (secondary N) is 6. The fraction of sp³-hybridized carbons (Fsp3) is 0.558. The van der Waals surface area contributed by atoms with Gasteiger partial charge >= 0.3 is 0 Å². The van der Waals surface area contributed by atoms with Gasteiger partial charge in [0.1, 0.15) is 30.2 Å². The molecule has 326 valence electrons. The number of nitrogens with zero attached hydrogens (tertiary/aromatic N) is 1. The number of fused-ring (bicyclic) bond motifs is 2. The molecule has 17 nitrogen and oxygen atoms in total. The largest absolute Gasteiger partial charge is 0.493 e. The first-order valence-corrected chi connectivity index (χ1v) is 20.6. The van der Waals surface area contributed by atoms with Crippen LogP contribution in [0, 0.1) is 11.8 Å². The fourth-order valence-corrected chi connectivity index (χ4v) is 8.17. The Kier molecular flexibility index (Phi) is 15.5. The van der Waals surface area contributed by atoms with E-state index in [2.05, 4.69) is 31.9 Å². The number of ether oxygens (including phenoxy) is 2. The topological polar surface area (TPSA) is 234 Å². The van der Waals surface area contributed by atoms with Crippen LogP contribution in [-0.4, -0.2) is 121 Å². The third kappa shape index (κ3) is 11.5. The molecule has 1 saturated carbocycles. The van der Waals surface area contributed by atoms with Crippen molar-refractivity contribution < 1.29 is 48.1 Å². The van der Waals surface area contributed by atoms with Gasteiger partial charge < -0.3 is 51.4 Å². The van der Waals surface area contributed by atoms with Crippen molar-refractivity contribution in [2.24, 2.45) is 11.8 Å². The second-order valence-corrected chi connectivity index (χ2v) is 16.4. The fourth-order valence-electron chi connectivity index (χ4n) is 8.17. The summed E-state index contributed by atoms with van der Waals surface area (Å²) >= 11 is 0. The highest BCUT2D eigenvalue weighted by atomic mass is 16.5. The molecule has 3 fully saturated rings. The number of carbonyl (C=O) groups excluding carboxylic acids is 7. The number of hydrogen-bond donors (Lipinski definition) is 7. The van der Waals surface area contributed by atoms with Gasteiger partial charge in [-0.2, -0.15) is 0 Å². The molecule has 2 aromatic carbocycles. The summed E-state index contributed by atoms with van der Waals surface area (Å²) in [6.07, 6.45) is 0.299. The van der Waals surface area contributed by atoms with Crippen LogP contribution in [0.5, 0.6) is 11.5 Å². The third-order valence-corrected chi connectivity index (χ3v) is 11.3. The normalized spacial score (nSPS) is 27.4. The predicted molar refractivity (Wildman–Crippen MR) is 219 cm³/mol. The van der Waals surface area contributed by atoms with E-state index in [0.29, 0.717) is 41.9 Å². The summed E-state index contributed by atoms with van der Waals surface area (Å²) in [7, 11) is 2.99. The number of hydrogen-bond acceptors (Lipinski definition) is 10. The second-order valence-electron chi connectivity index (χ2n) is 16.4. The van der Waals surface area contributed by atoms with Gasteiger partial charge in [-0.1, -0.05) is 56.7 Å². The maximum absolute atomic E-state index is 14.8. The molecule has 9 atom stereocenters. The molecule has 2 heterocycles. The van der Waals surface area contributed by atoms with Gasteiger partial charge in [0.05, 0.1) is 32.7 Å². The molecule has 5 rings (SSSR count). The molecular weight excluding hydrogens is 775 g/mol. The zero-order valence-electron chi connectivity index (χ0n) is 35.1. The minimum atomic E-state index is -1.53. The van der Waals surface area contributed by atoms with Gasteiger partial charge in [0, 0.05) is 25.0 Å². The summed E-state index contributed by atoms with van der Waals surface area (Å²) < 4.78 is 10.7. The van der Waals surface area contributed by atoms with Crippen molar-refractivity contribution in [3.8, 4) is 11.5 Å². The maximum atomic E-state index is 14.8. The van der Waals surface area contributed by atoms with E-state index in [1.54, 1.807) is 48.5 Å². The van der Waals surface area contributed by atoms with Gasteiger partial charge in [0.2, 0.25) is 41.4 Å². The SMILES string of the molecule is COc1ccc(CC(=O)N[C@@H]2CC3C(=O)N[C@@H](C)C(=O)N[C@@H]4CCC[C@H]4C(=O)N[C@@H](CC(C)C)C(=O)N[C@@H]([C@@H](C)O)C(=O)N[C@@H](Cc4ccccc4)C(=O)N3C2)cc1OC. The standard InChI is InChI=1S/C43H59N7O10/c1-23(2)17-31-40(55)49-37(25(4)51)42(57)48-32(18-26-11-8-7-9-12-26)43(58)50-22-28(45-36(52)20-27-15-16-34(59-5)35(19-27)60-6)21-33(50)41(56)44-24(3)38(53)46-30-14-10-13-29(30)39(54)47-31/h7-9,11-12,15-16,19,23-25,28-33,37,51H,10,13-14,17-18,20-22H2,1-6H3,(H,44,56)(H,45,52)(H,46,53)(H,47,54)(H,48,57)(H,49,55)/t24-,25+,28+,29+,30+,31-,32-,33?,37-/m0/s1. The van der Waals surface area contributed by atoms with Crippen molar-refractivity contribution in [3.05, 3.63) is 59.7 Å². The average Bonchev–Trinajstić information content (AvgIpc) is 3.86. The van der Waals surface area contributed by atoms with Crippen molar-refractivity contribution in [1.29, 1.82) is 0 Å². The second kappa shape index (κ2) is 20.5. The van der Waals surface area contributed by atoms with Crippen LogP contribution in [0.1, 0.15) is 70.9 Å². The monoisotopic (exact) mass is 833 g/mol. The molecule has 1 unspecified atom stereocenters. The number of amides is 7. The lowest BCUT2D eigenvalue weighted by molar-refractivity contribution is -0.143. The number of aliphatic hydroxyl groups excluding tert-OH is 1. The Morgan fingerprint density at radius 3 is 2.17 bits per heavy atom. The van der Waals surface area contributed by atoms with Crippen molar-refractivity contribution in [2.75, 3.05) is 20.8 Å². The van der Waals surface area contributed by atoms with Crippen molar-refractivity contribution in [3.63, 3.8) is 0 Å². The molecule has 3 aliphatic rings. The van der Waals surface area contributed by atoms with Crippen molar-refractivity contribution >= 4 is 41.4 Å². The maximum Gasteiger partial charge on any atom is 0.246 e. The summed E-state index contributed by atoms with van der Waals surface area (Å²) in [5.41, 5.74) is 1.30. The molecule has 2 aliphatic heterocycles. The lowest BCUT2D eigenvalue weighted by atomic mass is 9.98. The number of methoxy groups -OCH3 is 2. The van der Waals surface area contributed by atoms with Crippen LogP contribution in [0.25, 0.3) is 0 Å². The Labute approximate surface area is 350 Å². The lowest BCUT2D eigenvalue weighted by Gasteiger charge is -2.31. The molecule has 0 aromatic heterocycles. The van der Waals surface area contributed by atoms with Gasteiger partial charge in [0.15, 0.2) is 11.5 Å². The van der Waals surface area contributed by atoms with E-state index < -0.39 is 89.8 Å². The van der Waals surface area contributed by atoms with Crippen LogP contribution in [0.15, 0.2) is 48.5 Å². The molecular formula is C43H59N7O10. The Morgan fingerprint density at radius 1 is 0.800 bits per heavy atom. The van der Waals surface area contributed by atoms with E-state index >= 15 is 0 Å². The number of carbonyl (C=O) groups is 7. The molecule has 2 aromatic rings. The first kappa shape index (κ1) is 45.4. The number of aliphatic hydroxyl groups is 1. The third-order valence-electron chi connectivity index (χ3n) is 11.3. The quantitative estimate of drug-likeness (QED) is 0.173. The summed E-state index contributed by atoms with van der Waals surface area (Å²) in [5, 5.41) is 27.6. The van der Waals surface area contributed by atoms with Crippen LogP contribution in [0.4, 0.5) is 0 Å². The molecule has 60 heavy (non-hydrogen) atoms. The summed E-state index contributed by atoms with van der Waals surface area (Å²) in [4.78, 5) is 98.8. The highest BCUT2D eigenvalue weighted by Crippen LogP contribution is 2.29. The summed E-state index contributed by atoms with van der Waals surface area (Å²) in [6, 6.07) is 6.51. The van der Waals surface area contributed by atoms with Gasteiger partial charge in [-0.3, -0.25) is 33.6 Å². The Bertz CT molecular complexity index is 1890. The van der Waals surface area contributed by atoms with Gasteiger partial charge in [-0.15, -0.1) is 0 Å². The highest BCUT2D eigenvalue weighted by molar-refractivity contribution is 5.97. The molecule has 17 heteroatoms. The van der Waals surface area contributed by atoms with E-state index in [1.165, 1.54) is 33.0 Å². The van der Waals surface area contributed by atoms with Gasteiger partial charge in [-0.25, -0.2) is 0 Å². The first-order chi connectivity index (χ1) is 28.6. The van der Waals surface area contributed by atoms with Crippen LogP contribution < -0.4 is 41.4 Å². The van der Waals surface area contributed by atoms with Crippen LogP contribution >= 0.6 is 0 Å². The van der Waals surface area contributed by atoms with E-state index in [9.17, 15) is 38.7 Å². The molecule has 1 aliphatic carbocycles. The zero-order valence-corrected chi connectivity index (χ0v) is 35.1. The van der Waals surface area contributed by atoms with Gasteiger partial charge in [-0.05, 0) is 68.7 Å². The smallest absolute Gasteiger partial charge is 0.246 e. The Hall–Kier alpha value is -5.71. The molecule has 7 amide bonds. The van der Waals surface area contributed by atoms with Crippen molar-refractivity contribution in [1.82, 2.24) is 36.8 Å². The molecule has 0 spiro atoms. The van der Waals surface area contributed by atoms with E-state index in [1.807, 2.05) is 13.8 Å². The number of rotatable bonds is 10. The van der Waals surface area contributed by atoms with Crippen LogP contribution in [0.2, 0.25) is 0 Å². The Balaban J connectivity index is 1.48. The predicted octanol–water partition coefficient (Wildman–Crippen LogP) is 0.259. The lowest BCUT2D eigenvalue weighted by Crippen LogP contribution is -2.61. The molecule has 0 radical (unpaired) electrons. The van der Waals surface area contributed by atoms with E-state index in [-0.39, 0.29) is 44.1 Å². The molecule has 2 saturated heterocycles. The van der Waals surface area contributed by atoms with Crippen LogP contribution in [0.3, 0.4) is 0 Å².